The van der Waals surface area contributed by atoms with E-state index >= 15 is 0 Å². The Labute approximate surface area is 153 Å². The fourth-order valence-corrected chi connectivity index (χ4v) is 3.70. The maximum absolute atomic E-state index is 5.65. The van der Waals surface area contributed by atoms with Crippen molar-refractivity contribution in [2.24, 2.45) is 0 Å². The van der Waals surface area contributed by atoms with Crippen molar-refractivity contribution < 1.29 is 13.9 Å². The van der Waals surface area contributed by atoms with Gasteiger partial charge in [-0.1, -0.05) is 89.3 Å². The first kappa shape index (κ1) is 23.8. The van der Waals surface area contributed by atoms with E-state index in [0.29, 0.717) is 6.61 Å². The number of unbranched alkanes of at least 4 members (excludes halogenated alkanes) is 12. The highest BCUT2D eigenvalue weighted by Crippen LogP contribution is 2.12. The lowest BCUT2D eigenvalue weighted by Gasteiger charge is -2.13. The van der Waals surface area contributed by atoms with Gasteiger partial charge in [-0.2, -0.15) is 0 Å². The van der Waals surface area contributed by atoms with Crippen molar-refractivity contribution in [2.45, 2.75) is 96.7 Å². The van der Waals surface area contributed by atoms with Crippen LogP contribution in [-0.4, -0.2) is 36.9 Å². The van der Waals surface area contributed by atoms with Gasteiger partial charge in [0.2, 0.25) is 0 Å². The van der Waals surface area contributed by atoms with Crippen LogP contribution >= 0.6 is 0 Å². The van der Waals surface area contributed by atoms with Crippen LogP contribution in [0.3, 0.4) is 0 Å². The number of hydrogen-bond acceptors (Lipinski definition) is 3. The molecule has 1 unspecified atom stereocenters. The molecule has 0 aromatic rings. The van der Waals surface area contributed by atoms with E-state index < -0.39 is 9.76 Å². The summed E-state index contributed by atoms with van der Waals surface area (Å²) in [5, 5.41) is 0. The van der Waals surface area contributed by atoms with Crippen molar-refractivity contribution >= 4 is 9.76 Å². The molecule has 0 rings (SSSR count). The number of hydrogen-bond donors (Lipinski definition) is 0. The summed E-state index contributed by atoms with van der Waals surface area (Å²) in [6.45, 7) is 2.79. The summed E-state index contributed by atoms with van der Waals surface area (Å²) in [7, 11) is 2.71. The summed E-state index contributed by atoms with van der Waals surface area (Å²) in [5.74, 6) is 0. The third kappa shape index (κ3) is 18.2. The summed E-state index contributed by atoms with van der Waals surface area (Å²) in [5.41, 5.74) is 2.22. The van der Waals surface area contributed by atoms with E-state index in [1.165, 1.54) is 83.5 Å². The van der Waals surface area contributed by atoms with Crippen LogP contribution in [0.4, 0.5) is 0 Å². The summed E-state index contributed by atoms with van der Waals surface area (Å²) in [6.07, 6.45) is 20.2. The molecule has 0 radical (unpaired) electrons. The minimum atomic E-state index is -0.615. The predicted molar refractivity (Wildman–Crippen MR) is 107 cm³/mol. The van der Waals surface area contributed by atoms with Gasteiger partial charge in [0.25, 0.3) is 0 Å². The average Bonchev–Trinajstić information content (AvgIpc) is 2.60. The third-order valence-corrected chi connectivity index (χ3v) is 5.43. The number of allylic oxidation sites excluding steroid dienone is 1. The second-order valence-corrected chi connectivity index (χ2v) is 7.74. The highest BCUT2D eigenvalue weighted by atomic mass is 28.2. The summed E-state index contributed by atoms with van der Waals surface area (Å²) in [4.78, 5) is 0. The van der Waals surface area contributed by atoms with Crippen molar-refractivity contribution in [3.05, 3.63) is 11.8 Å². The predicted octanol–water partition coefficient (Wildman–Crippen LogP) is 5.31. The van der Waals surface area contributed by atoms with Crippen LogP contribution in [0.1, 0.15) is 90.4 Å². The largest absolute Gasteiger partial charge is 0.393 e. The lowest BCUT2D eigenvalue weighted by Crippen LogP contribution is -2.22. The van der Waals surface area contributed by atoms with Gasteiger partial charge in [-0.05, 0) is 12.8 Å². The van der Waals surface area contributed by atoms with Gasteiger partial charge in [0.15, 0.2) is 16.1 Å². The van der Waals surface area contributed by atoms with Gasteiger partial charge in [0, 0.05) is 14.2 Å². The number of methoxy groups -OCH3 is 2. The van der Waals surface area contributed by atoms with Crippen LogP contribution in [0, 0.1) is 0 Å². The first-order valence-electron chi connectivity index (χ1n) is 10.1. The van der Waals surface area contributed by atoms with Gasteiger partial charge in [0.05, 0.1) is 6.61 Å². The Morgan fingerprint density at radius 1 is 0.792 bits per heavy atom. The molecule has 0 aliphatic heterocycles. The molecule has 144 valence electrons. The maximum Gasteiger partial charge on any atom is 0.188 e. The topological polar surface area (TPSA) is 27.7 Å². The van der Waals surface area contributed by atoms with Gasteiger partial charge < -0.3 is 13.9 Å². The monoisotopic (exact) mass is 358 g/mol. The van der Waals surface area contributed by atoms with Crippen molar-refractivity contribution in [1.29, 1.82) is 0 Å². The number of ether oxygens (including phenoxy) is 2. The molecular weight excluding hydrogens is 316 g/mol. The molecule has 0 heterocycles. The van der Waals surface area contributed by atoms with Crippen molar-refractivity contribution in [1.82, 2.24) is 0 Å². The van der Waals surface area contributed by atoms with E-state index in [1.54, 1.807) is 14.2 Å². The zero-order valence-corrected chi connectivity index (χ0v) is 18.0. The van der Waals surface area contributed by atoms with Gasteiger partial charge in [-0.25, -0.2) is 0 Å². The van der Waals surface area contributed by atoms with Crippen LogP contribution < -0.4 is 0 Å². The van der Waals surface area contributed by atoms with E-state index in [0.717, 1.165) is 0 Å². The van der Waals surface area contributed by atoms with Crippen molar-refractivity contribution in [3.8, 4) is 0 Å². The van der Waals surface area contributed by atoms with Crippen LogP contribution in [0.2, 0.25) is 0 Å². The minimum absolute atomic E-state index is 0.196. The Morgan fingerprint density at radius 3 is 1.83 bits per heavy atom. The zero-order chi connectivity index (χ0) is 17.7. The highest BCUT2D eigenvalue weighted by Gasteiger charge is 2.03. The molecule has 0 bridgehead atoms. The molecule has 1 atom stereocenters. The minimum Gasteiger partial charge on any atom is -0.393 e. The molecular formula is C20H42O3Si. The molecule has 0 N–H and O–H groups in total. The molecule has 3 nitrogen and oxygen atoms in total. The quantitative estimate of drug-likeness (QED) is 0.178. The summed E-state index contributed by atoms with van der Waals surface area (Å²) < 4.78 is 15.8. The van der Waals surface area contributed by atoms with Crippen LogP contribution in [0.25, 0.3) is 0 Å². The lowest BCUT2D eigenvalue weighted by atomic mass is 10.0. The molecule has 0 saturated carbocycles. The molecule has 0 fully saturated rings. The highest BCUT2D eigenvalue weighted by molar-refractivity contribution is 6.34. The SMILES string of the molecule is CCCCCCCCCCCCCCC=C[SiH2]OC(COC)OC. The van der Waals surface area contributed by atoms with Gasteiger partial charge in [-0.15, -0.1) is 0 Å². The first-order chi connectivity index (χ1) is 11.8. The fraction of sp³-hybridized carbons (Fsp3) is 0.900. The van der Waals surface area contributed by atoms with Gasteiger partial charge in [-0.3, -0.25) is 0 Å². The van der Waals surface area contributed by atoms with Gasteiger partial charge in [0.1, 0.15) is 0 Å². The molecule has 24 heavy (non-hydrogen) atoms. The Balaban J connectivity index is 3.18. The fourth-order valence-electron chi connectivity index (χ4n) is 2.77. The van der Waals surface area contributed by atoms with E-state index in [1.807, 2.05) is 0 Å². The summed E-state index contributed by atoms with van der Waals surface area (Å²) in [6, 6.07) is 0. The molecule has 0 aromatic heterocycles. The molecule has 0 spiro atoms. The van der Waals surface area contributed by atoms with Gasteiger partial charge >= 0.3 is 0 Å². The summed E-state index contributed by atoms with van der Waals surface area (Å²) >= 11 is 0. The van der Waals surface area contributed by atoms with Crippen LogP contribution in [0.5, 0.6) is 0 Å². The Kier molecular flexibility index (Phi) is 20.7. The normalized spacial score (nSPS) is 13.5. The first-order valence-corrected chi connectivity index (χ1v) is 11.5. The molecule has 0 aliphatic carbocycles. The molecule has 0 amide bonds. The Hall–Kier alpha value is -0.163. The molecule has 0 aliphatic rings. The Morgan fingerprint density at radius 2 is 1.33 bits per heavy atom. The number of rotatable bonds is 19. The zero-order valence-electron chi connectivity index (χ0n) is 16.6. The van der Waals surface area contributed by atoms with E-state index in [-0.39, 0.29) is 6.29 Å². The second kappa shape index (κ2) is 20.9. The van der Waals surface area contributed by atoms with E-state index in [4.69, 9.17) is 13.9 Å². The van der Waals surface area contributed by atoms with Crippen molar-refractivity contribution in [3.63, 3.8) is 0 Å². The van der Waals surface area contributed by atoms with E-state index in [9.17, 15) is 0 Å². The smallest absolute Gasteiger partial charge is 0.188 e. The third-order valence-electron chi connectivity index (χ3n) is 4.33. The van der Waals surface area contributed by atoms with Crippen LogP contribution in [-0.2, 0) is 13.9 Å². The van der Waals surface area contributed by atoms with Crippen molar-refractivity contribution in [2.75, 3.05) is 20.8 Å². The maximum atomic E-state index is 5.65. The lowest BCUT2D eigenvalue weighted by molar-refractivity contribution is -0.0918. The second-order valence-electron chi connectivity index (χ2n) is 6.60. The molecule has 4 heteroatoms. The van der Waals surface area contributed by atoms with E-state index in [2.05, 4.69) is 18.7 Å². The average molecular weight is 359 g/mol. The Bertz CT molecular complexity index is 259. The standard InChI is InChI=1S/C20H42O3Si/c1-4-5-6-7-8-9-10-11-12-13-14-15-16-17-18-24-23-20(22-3)19-21-2/h17-18,20H,4-16,19,24H2,1-3H3. The molecule has 0 aromatic carbocycles. The van der Waals surface area contributed by atoms with Crippen LogP contribution in [0.15, 0.2) is 11.8 Å². The molecule has 0 saturated heterocycles.